The van der Waals surface area contributed by atoms with E-state index in [1.807, 2.05) is 39.0 Å². The SMILES string of the molecule is CCOC1CC(N)(C(=O)NCCCCOCc2ccccc2)C1(C)C. The maximum Gasteiger partial charge on any atom is 0.240 e. The third-order valence-corrected chi connectivity index (χ3v) is 5.35. The van der Waals surface area contributed by atoms with Gasteiger partial charge in [0.05, 0.1) is 12.7 Å². The summed E-state index contributed by atoms with van der Waals surface area (Å²) in [5, 5.41) is 2.98. The minimum absolute atomic E-state index is 0.0552. The lowest BCUT2D eigenvalue weighted by Crippen LogP contribution is -2.75. The number of carbonyl (C=O) groups excluding carboxylic acids is 1. The molecule has 0 bridgehead atoms. The predicted molar refractivity (Wildman–Crippen MR) is 99.1 cm³/mol. The number of unbranched alkanes of at least 4 members (excludes halogenated alkanes) is 1. The molecule has 1 aromatic rings. The Labute approximate surface area is 151 Å². The number of rotatable bonds is 10. The van der Waals surface area contributed by atoms with Crippen molar-refractivity contribution in [1.82, 2.24) is 5.32 Å². The van der Waals surface area contributed by atoms with Gasteiger partial charge in [0.2, 0.25) is 5.91 Å². The summed E-state index contributed by atoms with van der Waals surface area (Å²) in [7, 11) is 0. The molecule has 2 unspecified atom stereocenters. The first-order chi connectivity index (χ1) is 11.9. The van der Waals surface area contributed by atoms with E-state index < -0.39 is 5.54 Å². The van der Waals surface area contributed by atoms with Gasteiger partial charge >= 0.3 is 0 Å². The zero-order valence-electron chi connectivity index (χ0n) is 15.7. The van der Waals surface area contributed by atoms with Crippen molar-refractivity contribution in [3.8, 4) is 0 Å². The maximum atomic E-state index is 12.5. The summed E-state index contributed by atoms with van der Waals surface area (Å²) in [6, 6.07) is 10.1. The highest BCUT2D eigenvalue weighted by atomic mass is 16.5. The highest BCUT2D eigenvalue weighted by Gasteiger charge is 2.62. The first-order valence-electron chi connectivity index (χ1n) is 9.22. The van der Waals surface area contributed by atoms with E-state index in [9.17, 15) is 4.79 Å². The fourth-order valence-corrected chi connectivity index (χ4v) is 3.27. The number of ether oxygens (including phenoxy) is 2. The summed E-state index contributed by atoms with van der Waals surface area (Å²) in [4.78, 5) is 12.5. The largest absolute Gasteiger partial charge is 0.378 e. The van der Waals surface area contributed by atoms with Gasteiger partial charge in [0, 0.05) is 31.6 Å². The highest BCUT2D eigenvalue weighted by molar-refractivity contribution is 5.88. The maximum absolute atomic E-state index is 12.5. The van der Waals surface area contributed by atoms with Crippen LogP contribution in [0.15, 0.2) is 30.3 Å². The fraction of sp³-hybridized carbons (Fsp3) is 0.650. The summed E-state index contributed by atoms with van der Waals surface area (Å²) in [6.45, 7) is 8.58. The first-order valence-corrected chi connectivity index (χ1v) is 9.22. The van der Waals surface area contributed by atoms with Crippen LogP contribution < -0.4 is 11.1 Å². The molecule has 1 saturated carbocycles. The minimum Gasteiger partial charge on any atom is -0.378 e. The monoisotopic (exact) mass is 348 g/mol. The number of hydrogen-bond acceptors (Lipinski definition) is 4. The van der Waals surface area contributed by atoms with E-state index in [2.05, 4.69) is 17.4 Å². The van der Waals surface area contributed by atoms with Gasteiger partial charge in [-0.05, 0) is 25.3 Å². The van der Waals surface area contributed by atoms with Gasteiger partial charge < -0.3 is 20.5 Å². The van der Waals surface area contributed by atoms with Crippen LogP contribution in [0.3, 0.4) is 0 Å². The molecule has 0 aromatic heterocycles. The smallest absolute Gasteiger partial charge is 0.240 e. The number of carbonyl (C=O) groups is 1. The molecule has 1 amide bonds. The molecular formula is C20H32N2O3. The third kappa shape index (κ3) is 4.60. The number of nitrogens with two attached hydrogens (primary N) is 1. The molecule has 5 heteroatoms. The number of nitrogens with one attached hydrogen (secondary N) is 1. The third-order valence-electron chi connectivity index (χ3n) is 5.35. The van der Waals surface area contributed by atoms with E-state index in [4.69, 9.17) is 15.2 Å². The van der Waals surface area contributed by atoms with Gasteiger partial charge in [-0.25, -0.2) is 0 Å². The Bertz CT molecular complexity index is 547. The summed E-state index contributed by atoms with van der Waals surface area (Å²) >= 11 is 0. The van der Waals surface area contributed by atoms with Crippen molar-refractivity contribution in [1.29, 1.82) is 0 Å². The van der Waals surface area contributed by atoms with Crippen LogP contribution in [0.25, 0.3) is 0 Å². The van der Waals surface area contributed by atoms with E-state index >= 15 is 0 Å². The quantitative estimate of drug-likeness (QED) is 0.638. The van der Waals surface area contributed by atoms with Gasteiger partial charge in [0.15, 0.2) is 0 Å². The molecule has 1 aliphatic carbocycles. The molecule has 25 heavy (non-hydrogen) atoms. The van der Waals surface area contributed by atoms with Crippen LogP contribution in [-0.4, -0.2) is 37.3 Å². The molecule has 0 aliphatic heterocycles. The van der Waals surface area contributed by atoms with Crippen LogP contribution in [0.4, 0.5) is 0 Å². The van der Waals surface area contributed by atoms with E-state index in [1.54, 1.807) is 0 Å². The Hall–Kier alpha value is -1.43. The first kappa shape index (κ1) is 19.9. The molecule has 2 rings (SSSR count). The summed E-state index contributed by atoms with van der Waals surface area (Å²) in [6.07, 6.45) is 2.43. The normalized spacial score (nSPS) is 24.6. The average Bonchev–Trinajstić information content (AvgIpc) is 2.61. The molecule has 5 nitrogen and oxygen atoms in total. The molecular weight excluding hydrogens is 316 g/mol. The zero-order chi connectivity index (χ0) is 18.3. The minimum atomic E-state index is -0.837. The van der Waals surface area contributed by atoms with Gasteiger partial charge in [-0.15, -0.1) is 0 Å². The number of benzene rings is 1. The molecule has 2 atom stereocenters. The van der Waals surface area contributed by atoms with Crippen molar-refractivity contribution in [2.45, 2.75) is 58.3 Å². The molecule has 1 aromatic carbocycles. The standard InChI is InChI=1S/C20H32N2O3/c1-4-25-17-14-20(21,19(17,2)3)18(23)22-12-8-9-13-24-15-16-10-6-5-7-11-16/h5-7,10-11,17H,4,8-9,12-15,21H2,1-3H3,(H,22,23). The van der Waals surface area contributed by atoms with Crippen LogP contribution >= 0.6 is 0 Å². The second-order valence-electron chi connectivity index (χ2n) is 7.34. The second kappa shape index (κ2) is 8.79. The molecule has 0 radical (unpaired) electrons. The van der Waals surface area contributed by atoms with Crippen molar-refractivity contribution < 1.29 is 14.3 Å². The van der Waals surface area contributed by atoms with Crippen molar-refractivity contribution >= 4 is 5.91 Å². The summed E-state index contributed by atoms with van der Waals surface area (Å²) in [5.41, 5.74) is 6.35. The van der Waals surface area contributed by atoms with Crippen LogP contribution in [0, 0.1) is 5.41 Å². The predicted octanol–water partition coefficient (Wildman–Crippen LogP) is 2.63. The second-order valence-corrected chi connectivity index (χ2v) is 7.34. The highest BCUT2D eigenvalue weighted by Crippen LogP contribution is 2.49. The molecule has 1 aliphatic rings. The molecule has 1 fully saturated rings. The number of amides is 1. The van der Waals surface area contributed by atoms with Crippen molar-refractivity contribution in [2.24, 2.45) is 11.1 Å². The van der Waals surface area contributed by atoms with Crippen LogP contribution in [-0.2, 0) is 20.9 Å². The van der Waals surface area contributed by atoms with E-state index in [1.165, 1.54) is 5.56 Å². The Morgan fingerprint density at radius 2 is 2.00 bits per heavy atom. The zero-order valence-corrected chi connectivity index (χ0v) is 15.7. The van der Waals surface area contributed by atoms with Gasteiger partial charge in [0.25, 0.3) is 0 Å². The van der Waals surface area contributed by atoms with E-state index in [0.717, 1.165) is 12.8 Å². The summed E-state index contributed by atoms with van der Waals surface area (Å²) in [5.74, 6) is -0.0707. The Morgan fingerprint density at radius 1 is 1.28 bits per heavy atom. The lowest BCUT2D eigenvalue weighted by molar-refractivity contribution is -0.170. The molecule has 0 spiro atoms. The van der Waals surface area contributed by atoms with E-state index in [0.29, 0.717) is 32.8 Å². The van der Waals surface area contributed by atoms with Crippen molar-refractivity contribution in [2.75, 3.05) is 19.8 Å². The Morgan fingerprint density at radius 3 is 2.64 bits per heavy atom. The van der Waals surface area contributed by atoms with Gasteiger partial charge in [-0.1, -0.05) is 44.2 Å². The molecule has 0 heterocycles. The fourth-order valence-electron chi connectivity index (χ4n) is 3.27. The summed E-state index contributed by atoms with van der Waals surface area (Å²) < 4.78 is 11.3. The number of hydrogen-bond donors (Lipinski definition) is 2. The van der Waals surface area contributed by atoms with E-state index in [-0.39, 0.29) is 17.4 Å². The van der Waals surface area contributed by atoms with Crippen LogP contribution in [0.5, 0.6) is 0 Å². The van der Waals surface area contributed by atoms with Crippen LogP contribution in [0.1, 0.15) is 45.6 Å². The Kier molecular flexibility index (Phi) is 6.99. The average molecular weight is 348 g/mol. The van der Waals surface area contributed by atoms with Gasteiger partial charge in [0.1, 0.15) is 5.54 Å². The molecule has 0 saturated heterocycles. The van der Waals surface area contributed by atoms with Crippen LogP contribution in [0.2, 0.25) is 0 Å². The van der Waals surface area contributed by atoms with Gasteiger partial charge in [-0.3, -0.25) is 4.79 Å². The lowest BCUT2D eigenvalue weighted by atomic mass is 9.54. The van der Waals surface area contributed by atoms with Crippen molar-refractivity contribution in [3.05, 3.63) is 35.9 Å². The lowest BCUT2D eigenvalue weighted by Gasteiger charge is -2.57. The van der Waals surface area contributed by atoms with Crippen molar-refractivity contribution in [3.63, 3.8) is 0 Å². The Balaban J connectivity index is 1.59. The topological polar surface area (TPSA) is 73.6 Å². The molecule has 140 valence electrons. The van der Waals surface area contributed by atoms with Gasteiger partial charge in [-0.2, -0.15) is 0 Å². The molecule has 3 N–H and O–H groups in total.